The number of amides is 1. The SMILES string of the molecule is COc1ccc(OC)c(NC(=O)COc2cccc(Cl)c2)c1. The van der Waals surface area contributed by atoms with Crippen LogP contribution in [-0.4, -0.2) is 26.7 Å². The minimum atomic E-state index is -0.313. The first kappa shape index (κ1) is 16.0. The van der Waals surface area contributed by atoms with Crippen LogP contribution in [0.25, 0.3) is 0 Å². The normalized spacial score (nSPS) is 9.95. The zero-order valence-electron chi connectivity index (χ0n) is 12.3. The van der Waals surface area contributed by atoms with Crippen LogP contribution in [0, 0.1) is 0 Å². The number of anilines is 1. The molecule has 0 heterocycles. The van der Waals surface area contributed by atoms with Crippen molar-refractivity contribution < 1.29 is 19.0 Å². The zero-order chi connectivity index (χ0) is 15.9. The summed E-state index contributed by atoms with van der Waals surface area (Å²) in [7, 11) is 3.08. The Labute approximate surface area is 133 Å². The summed E-state index contributed by atoms with van der Waals surface area (Å²) >= 11 is 5.85. The number of hydrogen-bond acceptors (Lipinski definition) is 4. The second-order valence-electron chi connectivity index (χ2n) is 4.36. The molecule has 0 atom stereocenters. The summed E-state index contributed by atoms with van der Waals surface area (Å²) in [6, 6.07) is 12.0. The average molecular weight is 322 g/mol. The monoisotopic (exact) mass is 321 g/mol. The minimum absolute atomic E-state index is 0.138. The van der Waals surface area contributed by atoms with Gasteiger partial charge in [0.05, 0.1) is 19.9 Å². The molecule has 0 aliphatic rings. The number of nitrogens with one attached hydrogen (secondary N) is 1. The Morgan fingerprint density at radius 1 is 1.09 bits per heavy atom. The average Bonchev–Trinajstić information content (AvgIpc) is 2.53. The number of rotatable bonds is 6. The van der Waals surface area contributed by atoms with Gasteiger partial charge in [-0.05, 0) is 30.3 Å². The highest BCUT2D eigenvalue weighted by Gasteiger charge is 2.10. The zero-order valence-corrected chi connectivity index (χ0v) is 13.0. The van der Waals surface area contributed by atoms with Gasteiger partial charge in [-0.15, -0.1) is 0 Å². The Kier molecular flexibility index (Phi) is 5.49. The summed E-state index contributed by atoms with van der Waals surface area (Å²) in [4.78, 5) is 12.0. The fraction of sp³-hybridized carbons (Fsp3) is 0.188. The van der Waals surface area contributed by atoms with Crippen molar-refractivity contribution >= 4 is 23.2 Å². The number of hydrogen-bond donors (Lipinski definition) is 1. The second kappa shape index (κ2) is 7.56. The van der Waals surface area contributed by atoms with E-state index in [1.54, 1.807) is 49.6 Å². The molecule has 2 aromatic carbocycles. The lowest BCUT2D eigenvalue weighted by Gasteiger charge is -2.12. The van der Waals surface area contributed by atoms with E-state index in [9.17, 15) is 4.79 Å². The molecule has 0 saturated heterocycles. The number of carbonyl (C=O) groups is 1. The summed E-state index contributed by atoms with van der Waals surface area (Å²) in [5.74, 6) is 1.37. The maximum atomic E-state index is 12.0. The molecule has 0 unspecified atom stereocenters. The lowest BCUT2D eigenvalue weighted by molar-refractivity contribution is -0.118. The number of ether oxygens (including phenoxy) is 3. The molecule has 2 aromatic rings. The van der Waals surface area contributed by atoms with Crippen molar-refractivity contribution in [1.29, 1.82) is 0 Å². The van der Waals surface area contributed by atoms with Crippen molar-refractivity contribution in [3.8, 4) is 17.2 Å². The highest BCUT2D eigenvalue weighted by Crippen LogP contribution is 2.28. The third kappa shape index (κ3) is 4.30. The second-order valence-corrected chi connectivity index (χ2v) is 4.80. The molecule has 0 spiro atoms. The van der Waals surface area contributed by atoms with Crippen molar-refractivity contribution in [3.63, 3.8) is 0 Å². The molecule has 22 heavy (non-hydrogen) atoms. The first-order valence-electron chi connectivity index (χ1n) is 6.52. The standard InChI is InChI=1S/C16H16ClNO4/c1-20-12-6-7-15(21-2)14(9-12)18-16(19)10-22-13-5-3-4-11(17)8-13/h3-9H,10H2,1-2H3,(H,18,19). The van der Waals surface area contributed by atoms with Crippen molar-refractivity contribution in [2.24, 2.45) is 0 Å². The molecule has 1 N–H and O–H groups in total. The van der Waals surface area contributed by atoms with Gasteiger partial charge in [-0.25, -0.2) is 0 Å². The van der Waals surface area contributed by atoms with Gasteiger partial charge in [-0.2, -0.15) is 0 Å². The molecule has 0 fully saturated rings. The van der Waals surface area contributed by atoms with Crippen LogP contribution in [0.1, 0.15) is 0 Å². The van der Waals surface area contributed by atoms with Gasteiger partial charge in [-0.3, -0.25) is 4.79 Å². The van der Waals surface area contributed by atoms with Crippen LogP contribution < -0.4 is 19.5 Å². The van der Waals surface area contributed by atoms with Gasteiger partial charge in [-0.1, -0.05) is 17.7 Å². The smallest absolute Gasteiger partial charge is 0.262 e. The molecular formula is C16H16ClNO4. The van der Waals surface area contributed by atoms with E-state index in [4.69, 9.17) is 25.8 Å². The van der Waals surface area contributed by atoms with E-state index < -0.39 is 0 Å². The van der Waals surface area contributed by atoms with Crippen LogP contribution in [0.4, 0.5) is 5.69 Å². The van der Waals surface area contributed by atoms with E-state index in [1.165, 1.54) is 7.11 Å². The Morgan fingerprint density at radius 3 is 2.59 bits per heavy atom. The van der Waals surface area contributed by atoms with Crippen LogP contribution in [0.5, 0.6) is 17.2 Å². The van der Waals surface area contributed by atoms with E-state index in [1.807, 2.05) is 0 Å². The summed E-state index contributed by atoms with van der Waals surface area (Å²) in [5.41, 5.74) is 0.515. The molecule has 0 aromatic heterocycles. The van der Waals surface area contributed by atoms with E-state index >= 15 is 0 Å². The number of methoxy groups -OCH3 is 2. The number of benzene rings is 2. The first-order valence-corrected chi connectivity index (χ1v) is 6.90. The molecule has 0 aliphatic carbocycles. The molecule has 6 heteroatoms. The summed E-state index contributed by atoms with van der Waals surface area (Å²) < 4.78 is 15.7. The van der Waals surface area contributed by atoms with Gasteiger partial charge >= 0.3 is 0 Å². The van der Waals surface area contributed by atoms with E-state index in [2.05, 4.69) is 5.32 Å². The van der Waals surface area contributed by atoms with Crippen LogP contribution in [0.2, 0.25) is 5.02 Å². The number of carbonyl (C=O) groups excluding carboxylic acids is 1. The van der Waals surface area contributed by atoms with Crippen molar-refractivity contribution in [1.82, 2.24) is 0 Å². The lowest BCUT2D eigenvalue weighted by Crippen LogP contribution is -2.20. The Hall–Kier alpha value is -2.40. The molecule has 0 radical (unpaired) electrons. The molecule has 2 rings (SSSR count). The van der Waals surface area contributed by atoms with Crippen LogP contribution >= 0.6 is 11.6 Å². The molecule has 0 bridgehead atoms. The molecule has 0 aliphatic heterocycles. The van der Waals surface area contributed by atoms with Crippen molar-refractivity contribution in [3.05, 3.63) is 47.5 Å². The van der Waals surface area contributed by atoms with E-state index in [0.717, 1.165) is 0 Å². The summed E-state index contributed by atoms with van der Waals surface area (Å²) in [5, 5.41) is 3.27. The maximum Gasteiger partial charge on any atom is 0.262 e. The minimum Gasteiger partial charge on any atom is -0.497 e. The van der Waals surface area contributed by atoms with E-state index in [-0.39, 0.29) is 12.5 Å². The number of halogens is 1. The Bertz CT molecular complexity index is 660. The highest BCUT2D eigenvalue weighted by atomic mass is 35.5. The molecule has 1 amide bonds. The van der Waals surface area contributed by atoms with Gasteiger partial charge in [0.25, 0.3) is 5.91 Å². The molecular weight excluding hydrogens is 306 g/mol. The van der Waals surface area contributed by atoms with Gasteiger partial charge in [0.1, 0.15) is 17.2 Å². The van der Waals surface area contributed by atoms with Crippen LogP contribution in [-0.2, 0) is 4.79 Å². The predicted molar refractivity (Wildman–Crippen MR) is 85.1 cm³/mol. The highest BCUT2D eigenvalue weighted by molar-refractivity contribution is 6.30. The summed E-state index contributed by atoms with van der Waals surface area (Å²) in [6.07, 6.45) is 0. The van der Waals surface area contributed by atoms with Gasteiger partial charge < -0.3 is 19.5 Å². The predicted octanol–water partition coefficient (Wildman–Crippen LogP) is 3.37. The van der Waals surface area contributed by atoms with Gasteiger partial charge in [0.15, 0.2) is 6.61 Å². The Balaban J connectivity index is 1.99. The van der Waals surface area contributed by atoms with Gasteiger partial charge in [0, 0.05) is 11.1 Å². The topological polar surface area (TPSA) is 56.8 Å². The fourth-order valence-electron chi connectivity index (χ4n) is 1.80. The first-order chi connectivity index (χ1) is 10.6. The van der Waals surface area contributed by atoms with E-state index in [0.29, 0.717) is 28.0 Å². The molecule has 5 nitrogen and oxygen atoms in total. The third-order valence-electron chi connectivity index (χ3n) is 2.85. The maximum absolute atomic E-state index is 12.0. The van der Waals surface area contributed by atoms with Crippen molar-refractivity contribution in [2.45, 2.75) is 0 Å². The van der Waals surface area contributed by atoms with Crippen LogP contribution in [0.3, 0.4) is 0 Å². The third-order valence-corrected chi connectivity index (χ3v) is 3.08. The lowest BCUT2D eigenvalue weighted by atomic mass is 10.2. The van der Waals surface area contributed by atoms with Crippen molar-refractivity contribution in [2.75, 3.05) is 26.1 Å². The fourth-order valence-corrected chi connectivity index (χ4v) is 1.98. The Morgan fingerprint density at radius 2 is 1.91 bits per heavy atom. The molecule has 0 saturated carbocycles. The van der Waals surface area contributed by atoms with Crippen LogP contribution in [0.15, 0.2) is 42.5 Å². The largest absolute Gasteiger partial charge is 0.497 e. The quantitative estimate of drug-likeness (QED) is 0.886. The summed E-state index contributed by atoms with van der Waals surface area (Å²) in [6.45, 7) is -0.138. The molecule has 116 valence electrons. The van der Waals surface area contributed by atoms with Gasteiger partial charge in [0.2, 0.25) is 0 Å².